The average Bonchev–Trinajstić information content (AvgIpc) is 2.54. The maximum Gasteiger partial charge on any atom is 0.364 e. The predicted octanol–water partition coefficient (Wildman–Crippen LogP) is 2.87. The van der Waals surface area contributed by atoms with Crippen molar-refractivity contribution in [1.29, 1.82) is 0 Å². The second-order valence-corrected chi connectivity index (χ2v) is 6.21. The molecule has 7 nitrogen and oxygen atoms in total. The van der Waals surface area contributed by atoms with E-state index < -0.39 is 16.3 Å². The molecule has 8 heteroatoms. The molecule has 0 spiro atoms. The molecule has 2 aromatic carbocycles. The Balaban J connectivity index is 2.22. The molecule has 0 aliphatic rings. The number of carbonyl (C=O) groups is 1. The number of aromatic nitrogens is 1. The van der Waals surface area contributed by atoms with Gasteiger partial charge in [0, 0.05) is 11.6 Å². The zero-order chi connectivity index (χ0) is 17.3. The molecule has 0 unspecified atom stereocenters. The number of carboxylic acid groups (broad SMARTS) is 1. The summed E-state index contributed by atoms with van der Waals surface area (Å²) in [7, 11) is -4.65. The molecule has 0 saturated heterocycles. The van der Waals surface area contributed by atoms with Crippen molar-refractivity contribution < 1.29 is 22.9 Å². The first-order chi connectivity index (χ1) is 11.4. The van der Waals surface area contributed by atoms with Gasteiger partial charge in [0.05, 0.1) is 22.5 Å². The van der Waals surface area contributed by atoms with Crippen molar-refractivity contribution in [1.82, 2.24) is 4.98 Å². The van der Waals surface area contributed by atoms with Crippen LogP contribution >= 0.6 is 0 Å². The Kier molecular flexibility index (Phi) is 3.92. The lowest BCUT2D eigenvalue weighted by Crippen LogP contribution is -2.25. The van der Waals surface area contributed by atoms with Crippen LogP contribution in [0.1, 0.15) is 10.4 Å². The summed E-state index contributed by atoms with van der Waals surface area (Å²) >= 11 is 0. The minimum Gasteiger partial charge on any atom is -0.478 e. The Morgan fingerprint density at radius 3 is 2.29 bits per heavy atom. The second kappa shape index (κ2) is 5.91. The van der Waals surface area contributed by atoms with E-state index in [1.807, 2.05) is 0 Å². The van der Waals surface area contributed by atoms with Gasteiger partial charge in [0.2, 0.25) is 0 Å². The van der Waals surface area contributed by atoms with E-state index in [9.17, 15) is 17.8 Å². The van der Waals surface area contributed by atoms with Gasteiger partial charge in [-0.3, -0.25) is 9.54 Å². The summed E-state index contributed by atoms with van der Waals surface area (Å²) in [6.07, 6.45) is 1.52. The van der Waals surface area contributed by atoms with Crippen LogP contribution in [0.4, 0.5) is 11.4 Å². The molecule has 0 amide bonds. The number of para-hydroxylation sites is 1. The summed E-state index contributed by atoms with van der Waals surface area (Å²) in [4.78, 5) is 15.1. The fourth-order valence-electron chi connectivity index (χ4n) is 2.39. The topological polar surface area (TPSA) is 108 Å². The molecule has 1 aromatic heterocycles. The molecule has 0 bridgehead atoms. The molecule has 3 aromatic rings. The summed E-state index contributed by atoms with van der Waals surface area (Å²) in [6.45, 7) is 0. The number of hydrogen-bond acceptors (Lipinski definition) is 4. The maximum atomic E-state index is 11.9. The van der Waals surface area contributed by atoms with Crippen LogP contribution in [0.3, 0.4) is 0 Å². The first-order valence-electron chi connectivity index (χ1n) is 6.83. The highest BCUT2D eigenvalue weighted by Crippen LogP contribution is 2.33. The van der Waals surface area contributed by atoms with Crippen LogP contribution in [0.25, 0.3) is 10.9 Å². The molecular weight excluding hydrogens is 332 g/mol. The van der Waals surface area contributed by atoms with Gasteiger partial charge in [0.15, 0.2) is 0 Å². The lowest BCUT2D eigenvalue weighted by molar-refractivity contribution is 0.0697. The van der Waals surface area contributed by atoms with Gasteiger partial charge in [-0.25, -0.2) is 9.10 Å². The normalized spacial score (nSPS) is 11.4. The first-order valence-corrected chi connectivity index (χ1v) is 8.22. The van der Waals surface area contributed by atoms with E-state index in [4.69, 9.17) is 5.11 Å². The molecule has 2 N–H and O–H groups in total. The van der Waals surface area contributed by atoms with Crippen molar-refractivity contribution >= 4 is 38.6 Å². The number of anilines is 2. The Labute approximate surface area is 137 Å². The lowest BCUT2D eigenvalue weighted by atomic mass is 10.1. The van der Waals surface area contributed by atoms with Crippen LogP contribution in [0, 0.1) is 0 Å². The quantitative estimate of drug-likeness (QED) is 0.705. The molecular formula is C16H12N2O5S. The van der Waals surface area contributed by atoms with E-state index >= 15 is 0 Å². The zero-order valence-electron chi connectivity index (χ0n) is 12.2. The third-order valence-corrected chi connectivity index (χ3v) is 4.28. The van der Waals surface area contributed by atoms with Crippen LogP contribution < -0.4 is 4.31 Å². The number of fused-ring (bicyclic) bond motifs is 1. The number of hydrogen-bond donors (Lipinski definition) is 2. The molecule has 3 rings (SSSR count). The summed E-state index contributed by atoms with van der Waals surface area (Å²) in [5, 5.41) is 9.64. The monoisotopic (exact) mass is 344 g/mol. The Morgan fingerprint density at radius 2 is 1.67 bits per heavy atom. The minimum atomic E-state index is -4.65. The van der Waals surface area contributed by atoms with Crippen LogP contribution in [-0.4, -0.2) is 29.0 Å². The van der Waals surface area contributed by atoms with Crippen LogP contribution in [0.15, 0.2) is 60.8 Å². The summed E-state index contributed by atoms with van der Waals surface area (Å²) in [5.74, 6) is -1.13. The predicted molar refractivity (Wildman–Crippen MR) is 88.8 cm³/mol. The molecule has 1 heterocycles. The van der Waals surface area contributed by atoms with Gasteiger partial charge in [0.25, 0.3) is 0 Å². The third kappa shape index (κ3) is 2.92. The van der Waals surface area contributed by atoms with E-state index in [0.717, 1.165) is 0 Å². The van der Waals surface area contributed by atoms with Crippen molar-refractivity contribution in [2.45, 2.75) is 0 Å². The Bertz CT molecular complexity index is 1010. The van der Waals surface area contributed by atoms with Gasteiger partial charge in [-0.2, -0.15) is 8.42 Å². The molecule has 0 atom stereocenters. The van der Waals surface area contributed by atoms with Crippen LogP contribution in [-0.2, 0) is 10.3 Å². The fourth-order valence-corrected chi connectivity index (χ4v) is 3.17. The highest BCUT2D eigenvalue weighted by Gasteiger charge is 2.24. The van der Waals surface area contributed by atoms with Crippen molar-refractivity contribution in [3.05, 3.63) is 66.4 Å². The minimum absolute atomic E-state index is 0.00471. The molecule has 0 radical (unpaired) electrons. The zero-order valence-corrected chi connectivity index (χ0v) is 13.0. The van der Waals surface area contributed by atoms with Crippen molar-refractivity contribution in [3.63, 3.8) is 0 Å². The Morgan fingerprint density at radius 1 is 1.00 bits per heavy atom. The van der Waals surface area contributed by atoms with Gasteiger partial charge in [-0.15, -0.1) is 0 Å². The molecule has 24 heavy (non-hydrogen) atoms. The van der Waals surface area contributed by atoms with Crippen molar-refractivity contribution in [3.8, 4) is 0 Å². The van der Waals surface area contributed by atoms with Gasteiger partial charge in [-0.1, -0.05) is 18.2 Å². The summed E-state index contributed by atoms with van der Waals surface area (Å²) in [5.41, 5.74) is 0.657. The van der Waals surface area contributed by atoms with E-state index in [0.29, 0.717) is 15.2 Å². The van der Waals surface area contributed by atoms with Crippen molar-refractivity contribution in [2.24, 2.45) is 0 Å². The van der Waals surface area contributed by atoms with E-state index in [1.165, 1.54) is 36.5 Å². The van der Waals surface area contributed by atoms with Crippen LogP contribution in [0.5, 0.6) is 0 Å². The van der Waals surface area contributed by atoms with Crippen molar-refractivity contribution in [2.75, 3.05) is 4.31 Å². The standard InChI is InChI=1S/C16H12N2O5S/c19-16(20)12-6-8-13(9-7-12)18(24(21,22)23)14-5-1-3-11-4-2-10-17-15(11)14/h1-10H,(H,19,20)(H,21,22,23). The average molecular weight is 344 g/mol. The molecule has 0 aliphatic heterocycles. The Hall–Kier alpha value is -2.97. The fraction of sp³-hybridized carbons (Fsp3) is 0. The number of benzene rings is 2. The molecule has 0 saturated carbocycles. The number of carboxylic acids is 1. The number of pyridine rings is 1. The van der Waals surface area contributed by atoms with E-state index in [2.05, 4.69) is 4.98 Å². The number of aromatic carboxylic acids is 1. The van der Waals surface area contributed by atoms with Gasteiger partial charge in [0.1, 0.15) is 0 Å². The van der Waals surface area contributed by atoms with E-state index in [1.54, 1.807) is 24.3 Å². The highest BCUT2D eigenvalue weighted by molar-refractivity contribution is 7.87. The van der Waals surface area contributed by atoms with Gasteiger partial charge < -0.3 is 5.11 Å². The molecule has 122 valence electrons. The SMILES string of the molecule is O=C(O)c1ccc(N(c2cccc3cccnc23)S(=O)(=O)O)cc1. The maximum absolute atomic E-state index is 11.9. The highest BCUT2D eigenvalue weighted by atomic mass is 32.2. The number of nitrogens with zero attached hydrogens (tertiary/aromatic N) is 2. The second-order valence-electron chi connectivity index (χ2n) is 4.95. The largest absolute Gasteiger partial charge is 0.478 e. The third-order valence-electron chi connectivity index (χ3n) is 3.41. The first kappa shape index (κ1) is 15.9. The van der Waals surface area contributed by atoms with E-state index in [-0.39, 0.29) is 16.9 Å². The van der Waals surface area contributed by atoms with Gasteiger partial charge >= 0.3 is 16.3 Å². The van der Waals surface area contributed by atoms with Gasteiger partial charge in [-0.05, 0) is 36.4 Å². The lowest BCUT2D eigenvalue weighted by Gasteiger charge is -2.22. The summed E-state index contributed by atoms with van der Waals surface area (Å²) < 4.78 is 34.3. The molecule has 0 aliphatic carbocycles. The van der Waals surface area contributed by atoms with Crippen LogP contribution in [0.2, 0.25) is 0 Å². The smallest absolute Gasteiger partial charge is 0.364 e. The summed E-state index contributed by atoms with van der Waals surface area (Å²) in [6, 6.07) is 13.5. The molecule has 0 fully saturated rings. The number of rotatable bonds is 4.